The first-order chi connectivity index (χ1) is 14.6. The van der Waals surface area contributed by atoms with Crippen LogP contribution in [-0.4, -0.2) is 28.9 Å². The highest BCUT2D eigenvalue weighted by Gasteiger charge is 2.57. The van der Waals surface area contributed by atoms with Crippen molar-refractivity contribution < 1.29 is 18.7 Å². The van der Waals surface area contributed by atoms with Gasteiger partial charge in [0.2, 0.25) is 5.91 Å². The number of carbonyl (C=O) groups excluding carboxylic acids is 1. The van der Waals surface area contributed by atoms with Crippen LogP contribution in [0.4, 0.5) is 10.1 Å². The van der Waals surface area contributed by atoms with E-state index < -0.39 is 12.1 Å². The first kappa shape index (κ1) is 17.5. The molecule has 7 heteroatoms. The fraction of sp³-hybridized carbons (Fsp3) is 0.304. The lowest BCUT2D eigenvalue weighted by Gasteiger charge is -2.23. The second-order valence-corrected chi connectivity index (χ2v) is 8.07. The van der Waals surface area contributed by atoms with Gasteiger partial charge in [-0.3, -0.25) is 9.48 Å². The molecule has 0 fully saturated rings. The van der Waals surface area contributed by atoms with E-state index in [2.05, 4.69) is 11.2 Å². The van der Waals surface area contributed by atoms with Crippen LogP contribution in [-0.2, 0) is 36.9 Å². The highest BCUT2D eigenvalue weighted by Crippen LogP contribution is 2.54. The van der Waals surface area contributed by atoms with Gasteiger partial charge in [-0.1, -0.05) is 18.2 Å². The highest BCUT2D eigenvalue weighted by molar-refractivity contribution is 6.11. The maximum absolute atomic E-state index is 14.0. The smallest absolute Gasteiger partial charge is 0.246 e. The van der Waals surface area contributed by atoms with Crippen molar-refractivity contribution in [3.8, 4) is 11.5 Å². The molecule has 3 aliphatic heterocycles. The first-order valence-electron chi connectivity index (χ1n) is 10.0. The lowest BCUT2D eigenvalue weighted by atomic mass is 9.76. The molecule has 1 spiro atoms. The summed E-state index contributed by atoms with van der Waals surface area (Å²) in [6.07, 6.45) is 2.60. The van der Waals surface area contributed by atoms with Crippen molar-refractivity contribution in [2.75, 3.05) is 18.1 Å². The quantitative estimate of drug-likeness (QED) is 0.672. The fourth-order valence-electron chi connectivity index (χ4n) is 5.00. The summed E-state index contributed by atoms with van der Waals surface area (Å²) in [6, 6.07) is 11.8. The maximum atomic E-state index is 14.0. The third-order valence-corrected chi connectivity index (χ3v) is 6.41. The molecule has 1 unspecified atom stereocenters. The van der Waals surface area contributed by atoms with E-state index in [0.717, 1.165) is 34.5 Å². The summed E-state index contributed by atoms with van der Waals surface area (Å²) in [6.45, 7) is 0.507. The van der Waals surface area contributed by atoms with Crippen molar-refractivity contribution in [2.24, 2.45) is 7.05 Å². The monoisotopic (exact) mass is 405 g/mol. The summed E-state index contributed by atoms with van der Waals surface area (Å²) in [5, 5.41) is 4.18. The van der Waals surface area contributed by atoms with Crippen molar-refractivity contribution in [3.63, 3.8) is 0 Å². The summed E-state index contributed by atoms with van der Waals surface area (Å²) < 4.78 is 26.8. The van der Waals surface area contributed by atoms with Crippen molar-refractivity contribution in [3.05, 3.63) is 70.5 Å². The van der Waals surface area contributed by atoms with Gasteiger partial charge in [-0.05, 0) is 23.3 Å². The van der Waals surface area contributed by atoms with Crippen molar-refractivity contribution >= 4 is 11.6 Å². The molecule has 6 nitrogen and oxygen atoms in total. The van der Waals surface area contributed by atoms with Crippen LogP contribution in [0.25, 0.3) is 0 Å². The standard InChI is InChI=1S/C23H20FN3O3/c1-26-11-15(18(10-24)25-26)12-27-19-5-3-2-4-16(19)23(22(27)28)13-30-21-9-20-14(6-7-29-20)8-17(21)23/h2-5,8-9,11H,6-7,10,12-13H2,1H3. The molecular weight excluding hydrogens is 385 g/mol. The van der Waals surface area contributed by atoms with Crippen LogP contribution >= 0.6 is 0 Å². The van der Waals surface area contributed by atoms with Crippen LogP contribution in [0.1, 0.15) is 27.9 Å². The number of fused-ring (bicyclic) bond motifs is 5. The van der Waals surface area contributed by atoms with Crippen LogP contribution < -0.4 is 14.4 Å². The fourth-order valence-corrected chi connectivity index (χ4v) is 5.00. The second kappa shape index (κ2) is 6.08. The number of hydrogen-bond donors (Lipinski definition) is 0. The van der Waals surface area contributed by atoms with Crippen molar-refractivity contribution in [2.45, 2.75) is 25.1 Å². The molecule has 1 aromatic heterocycles. The number of para-hydroxylation sites is 1. The number of halogens is 1. The lowest BCUT2D eigenvalue weighted by Crippen LogP contribution is -2.42. The lowest BCUT2D eigenvalue weighted by molar-refractivity contribution is -0.122. The molecule has 1 amide bonds. The summed E-state index contributed by atoms with van der Waals surface area (Å²) in [5.74, 6) is 1.49. The molecule has 2 aromatic carbocycles. The van der Waals surface area contributed by atoms with Gasteiger partial charge in [0.1, 0.15) is 30.2 Å². The number of aromatic nitrogens is 2. The number of benzene rings is 2. The Bertz CT molecular complexity index is 1200. The summed E-state index contributed by atoms with van der Waals surface area (Å²) >= 11 is 0. The van der Waals surface area contributed by atoms with Crippen LogP contribution in [0.3, 0.4) is 0 Å². The molecule has 30 heavy (non-hydrogen) atoms. The Balaban J connectivity index is 1.50. The first-order valence-corrected chi connectivity index (χ1v) is 10.0. The van der Waals surface area contributed by atoms with Crippen LogP contribution in [0.15, 0.2) is 42.6 Å². The Hall–Kier alpha value is -3.35. The number of carbonyl (C=O) groups is 1. The molecule has 3 aromatic rings. The average molecular weight is 405 g/mol. The number of aryl methyl sites for hydroxylation is 1. The van der Waals surface area contributed by atoms with E-state index >= 15 is 0 Å². The number of alkyl halides is 1. The van der Waals surface area contributed by atoms with Crippen molar-refractivity contribution in [1.82, 2.24) is 9.78 Å². The van der Waals surface area contributed by atoms with Gasteiger partial charge in [-0.25, -0.2) is 4.39 Å². The van der Waals surface area contributed by atoms with Gasteiger partial charge < -0.3 is 14.4 Å². The van der Waals surface area contributed by atoms with Gasteiger partial charge in [0.15, 0.2) is 0 Å². The van der Waals surface area contributed by atoms with E-state index in [0.29, 0.717) is 23.6 Å². The molecule has 0 N–H and O–H groups in total. The van der Waals surface area contributed by atoms with E-state index in [1.165, 1.54) is 0 Å². The van der Waals surface area contributed by atoms with E-state index in [1.807, 2.05) is 30.3 Å². The van der Waals surface area contributed by atoms with E-state index in [4.69, 9.17) is 9.47 Å². The van der Waals surface area contributed by atoms with Gasteiger partial charge in [-0.15, -0.1) is 0 Å². The van der Waals surface area contributed by atoms with Crippen molar-refractivity contribution in [1.29, 1.82) is 0 Å². The number of hydrogen-bond acceptors (Lipinski definition) is 4. The number of anilines is 1. The summed E-state index contributed by atoms with van der Waals surface area (Å²) in [5.41, 5.74) is 3.95. The van der Waals surface area contributed by atoms with Gasteiger partial charge in [0.05, 0.1) is 18.8 Å². The Kier molecular flexibility index (Phi) is 3.54. The van der Waals surface area contributed by atoms with Gasteiger partial charge in [0.25, 0.3) is 0 Å². The Morgan fingerprint density at radius 3 is 2.90 bits per heavy atom. The Labute approximate surface area is 172 Å². The molecular formula is C23H20FN3O3. The second-order valence-electron chi connectivity index (χ2n) is 8.07. The number of ether oxygens (including phenoxy) is 2. The van der Waals surface area contributed by atoms with Gasteiger partial charge in [-0.2, -0.15) is 5.10 Å². The molecule has 3 aliphatic rings. The molecule has 0 saturated heterocycles. The molecule has 0 radical (unpaired) electrons. The zero-order valence-electron chi connectivity index (χ0n) is 16.5. The SMILES string of the molecule is Cn1cc(CN2C(=O)C3(COc4cc5c(cc43)CCO5)c3ccccc32)c(CF)n1. The molecule has 1 atom stereocenters. The summed E-state index contributed by atoms with van der Waals surface area (Å²) in [4.78, 5) is 15.7. The minimum absolute atomic E-state index is 0.0463. The minimum Gasteiger partial charge on any atom is -0.493 e. The summed E-state index contributed by atoms with van der Waals surface area (Å²) in [7, 11) is 1.76. The Morgan fingerprint density at radius 2 is 2.03 bits per heavy atom. The highest BCUT2D eigenvalue weighted by atomic mass is 19.1. The Morgan fingerprint density at radius 1 is 1.17 bits per heavy atom. The number of nitrogens with zero attached hydrogens (tertiary/aromatic N) is 3. The molecule has 0 bridgehead atoms. The average Bonchev–Trinajstić information content (AvgIpc) is 3.50. The third-order valence-electron chi connectivity index (χ3n) is 6.41. The zero-order chi connectivity index (χ0) is 20.5. The number of rotatable bonds is 3. The minimum atomic E-state index is -0.887. The van der Waals surface area contributed by atoms with E-state index in [9.17, 15) is 9.18 Å². The maximum Gasteiger partial charge on any atom is 0.246 e. The van der Waals surface area contributed by atoms with Gasteiger partial charge >= 0.3 is 0 Å². The predicted octanol–water partition coefficient (Wildman–Crippen LogP) is 3.05. The topological polar surface area (TPSA) is 56.6 Å². The molecule has 4 heterocycles. The van der Waals surface area contributed by atoms with Crippen LogP contribution in [0.2, 0.25) is 0 Å². The largest absolute Gasteiger partial charge is 0.493 e. The molecule has 0 saturated carbocycles. The van der Waals surface area contributed by atoms with E-state index in [-0.39, 0.29) is 19.1 Å². The molecule has 0 aliphatic carbocycles. The van der Waals surface area contributed by atoms with Crippen LogP contribution in [0, 0.1) is 0 Å². The zero-order valence-corrected chi connectivity index (χ0v) is 16.5. The third kappa shape index (κ3) is 2.17. The predicted molar refractivity (Wildman–Crippen MR) is 108 cm³/mol. The van der Waals surface area contributed by atoms with Gasteiger partial charge in [0, 0.05) is 42.5 Å². The molecule has 6 rings (SSSR count). The number of amides is 1. The van der Waals surface area contributed by atoms with Crippen LogP contribution in [0.5, 0.6) is 11.5 Å². The van der Waals surface area contributed by atoms with E-state index in [1.54, 1.807) is 22.8 Å². The normalized spacial score (nSPS) is 20.9. The molecule has 152 valence electrons.